The van der Waals surface area contributed by atoms with Gasteiger partial charge in [-0.3, -0.25) is 0 Å². The summed E-state index contributed by atoms with van der Waals surface area (Å²) in [5.41, 5.74) is -0.0601. The van der Waals surface area contributed by atoms with E-state index in [1.165, 1.54) is 4.88 Å². The maximum Gasteiger partial charge on any atom is 0.282 e. The summed E-state index contributed by atoms with van der Waals surface area (Å²) in [5, 5.41) is 17.3. The van der Waals surface area contributed by atoms with Gasteiger partial charge in [0.25, 0.3) is 5.89 Å². The second-order valence-corrected chi connectivity index (χ2v) is 11.2. The fraction of sp³-hybridized carbons (Fsp3) is 0.357. The zero-order valence-electron chi connectivity index (χ0n) is 20.2. The molecular formula is C28H30ClN3O3S. The number of thiophene rings is 1. The number of rotatable bonds is 7. The Hall–Kier alpha value is -2.71. The van der Waals surface area contributed by atoms with Gasteiger partial charge in [-0.15, -0.1) is 11.3 Å². The third kappa shape index (κ3) is 4.57. The maximum atomic E-state index is 12.0. The quantitative estimate of drug-likeness (QED) is 0.375. The van der Waals surface area contributed by atoms with Crippen LogP contribution in [0.3, 0.4) is 0 Å². The first kappa shape index (κ1) is 25.0. The van der Waals surface area contributed by atoms with Gasteiger partial charge in [-0.2, -0.15) is 4.98 Å². The van der Waals surface area contributed by atoms with Gasteiger partial charge in [0.15, 0.2) is 23.3 Å². The van der Waals surface area contributed by atoms with E-state index in [0.717, 1.165) is 42.0 Å². The highest BCUT2D eigenvalue weighted by Gasteiger charge is 2.48. The lowest BCUT2D eigenvalue weighted by atomic mass is 9.83. The van der Waals surface area contributed by atoms with Crippen molar-refractivity contribution in [1.29, 1.82) is 0 Å². The molecule has 1 N–H and O–H groups in total. The highest BCUT2D eigenvalue weighted by atomic mass is 35.5. The number of hydrogen-bond donors (Lipinski definition) is 1. The Bertz CT molecular complexity index is 1250. The smallest absolute Gasteiger partial charge is 0.282 e. The molecule has 7 rings (SSSR count). The molecule has 3 aliphatic rings. The molecule has 6 nitrogen and oxygen atoms in total. The van der Waals surface area contributed by atoms with Crippen molar-refractivity contribution < 1.29 is 31.3 Å². The fourth-order valence-corrected chi connectivity index (χ4v) is 6.50. The molecule has 0 spiro atoms. The van der Waals surface area contributed by atoms with Crippen molar-refractivity contribution in [3.05, 3.63) is 101 Å². The van der Waals surface area contributed by atoms with Gasteiger partial charge in [0.2, 0.25) is 5.82 Å². The Morgan fingerprint density at radius 3 is 2.22 bits per heavy atom. The van der Waals surface area contributed by atoms with Crippen molar-refractivity contribution >= 4 is 11.3 Å². The minimum Gasteiger partial charge on any atom is -1.00 e. The van der Waals surface area contributed by atoms with E-state index in [1.807, 2.05) is 60.7 Å². The Balaban J connectivity index is 0.00000267. The van der Waals surface area contributed by atoms with Gasteiger partial charge < -0.3 is 31.3 Å². The van der Waals surface area contributed by atoms with E-state index in [-0.39, 0.29) is 24.3 Å². The van der Waals surface area contributed by atoms with Crippen LogP contribution in [0.25, 0.3) is 0 Å². The van der Waals surface area contributed by atoms with Crippen LogP contribution < -0.4 is 17.1 Å². The molecule has 0 radical (unpaired) electrons. The molecule has 3 saturated heterocycles. The van der Waals surface area contributed by atoms with Crippen molar-refractivity contribution in [2.24, 2.45) is 5.92 Å². The molecule has 5 heterocycles. The molecule has 8 heteroatoms. The molecule has 188 valence electrons. The minimum atomic E-state index is -1.48. The van der Waals surface area contributed by atoms with E-state index in [4.69, 9.17) is 14.2 Å². The van der Waals surface area contributed by atoms with Gasteiger partial charge in [0, 0.05) is 23.6 Å². The van der Waals surface area contributed by atoms with Gasteiger partial charge in [-0.1, -0.05) is 65.8 Å². The average Bonchev–Trinajstić information content (AvgIpc) is 3.54. The number of fused-ring (bicyclic) bond motifs is 3. The molecule has 2 bridgehead atoms. The van der Waals surface area contributed by atoms with Crippen molar-refractivity contribution in [3.8, 4) is 5.06 Å². The Labute approximate surface area is 221 Å². The molecule has 1 atom stereocenters. The third-order valence-electron chi connectivity index (χ3n) is 7.67. The average molecular weight is 524 g/mol. The Morgan fingerprint density at radius 2 is 1.64 bits per heavy atom. The number of halogens is 1. The van der Waals surface area contributed by atoms with Crippen molar-refractivity contribution in [2.45, 2.75) is 38.0 Å². The second kappa shape index (κ2) is 9.98. The summed E-state index contributed by atoms with van der Waals surface area (Å²) >= 11 is 1.72. The first-order chi connectivity index (χ1) is 17.0. The molecule has 3 fully saturated rings. The van der Waals surface area contributed by atoms with Crippen LogP contribution in [0.2, 0.25) is 0 Å². The number of quaternary nitrogens is 1. The van der Waals surface area contributed by atoms with E-state index in [0.29, 0.717) is 29.5 Å². The predicted molar refractivity (Wildman–Crippen MR) is 134 cm³/mol. The van der Waals surface area contributed by atoms with Gasteiger partial charge in [-0.05, 0) is 30.2 Å². The topological polar surface area (TPSA) is 68.4 Å². The summed E-state index contributed by atoms with van der Waals surface area (Å²) in [7, 11) is 0. The SMILES string of the molecule is Cc1ccc(O[C@H]2C[N+]3(Cc4nc(C(O)(c5ccccc5)c5ccccc5)no4)CCC2CC3)s1.[Cl-]. The monoisotopic (exact) mass is 523 g/mol. The Morgan fingerprint density at radius 1 is 1.00 bits per heavy atom. The molecule has 3 aliphatic heterocycles. The van der Waals surface area contributed by atoms with E-state index in [9.17, 15) is 5.11 Å². The maximum absolute atomic E-state index is 12.0. The lowest BCUT2D eigenvalue weighted by Crippen LogP contribution is -3.00. The summed E-state index contributed by atoms with van der Waals surface area (Å²) in [6, 6.07) is 23.3. The number of aromatic nitrogens is 2. The molecule has 0 aliphatic carbocycles. The van der Waals surface area contributed by atoms with Crippen molar-refractivity contribution in [3.63, 3.8) is 0 Å². The van der Waals surface area contributed by atoms with Crippen LogP contribution in [0.4, 0.5) is 0 Å². The van der Waals surface area contributed by atoms with E-state index in [1.54, 1.807) is 11.3 Å². The molecule has 2 aromatic heterocycles. The third-order valence-corrected chi connectivity index (χ3v) is 8.56. The molecule has 4 aromatic rings. The van der Waals surface area contributed by atoms with E-state index < -0.39 is 5.60 Å². The van der Waals surface area contributed by atoms with Crippen molar-refractivity contribution in [1.82, 2.24) is 10.1 Å². The second-order valence-electron chi connectivity index (χ2n) is 9.94. The largest absolute Gasteiger partial charge is 1.00 e. The zero-order chi connectivity index (χ0) is 23.9. The van der Waals surface area contributed by atoms with E-state index in [2.05, 4.69) is 24.2 Å². The zero-order valence-corrected chi connectivity index (χ0v) is 21.8. The highest BCUT2D eigenvalue weighted by molar-refractivity contribution is 7.13. The van der Waals surface area contributed by atoms with Crippen LogP contribution >= 0.6 is 11.3 Å². The standard InChI is InChI=1S/C28H30N3O3S.ClH/c1-20-12-13-26(35-20)33-24-18-31(16-14-21(24)15-17-31)19-25-29-27(30-34-25)28(32,22-8-4-2-5-9-22)23-10-6-3-7-11-23;/h2-13,21,24,32H,14-19H2,1H3;1H/q+1;/p-1/t21?,24-,31?;/m0./s1. The van der Waals surface area contributed by atoms with Gasteiger partial charge in [0.05, 0.1) is 13.1 Å². The predicted octanol–water partition coefficient (Wildman–Crippen LogP) is 1.92. The van der Waals surface area contributed by atoms with Crippen LogP contribution in [0, 0.1) is 12.8 Å². The molecule has 0 saturated carbocycles. The first-order valence-electron chi connectivity index (χ1n) is 12.3. The molecule has 0 unspecified atom stereocenters. The number of nitrogens with zero attached hydrogens (tertiary/aromatic N) is 3. The first-order valence-corrected chi connectivity index (χ1v) is 13.1. The highest BCUT2D eigenvalue weighted by Crippen LogP contribution is 2.39. The van der Waals surface area contributed by atoms with Crippen LogP contribution in [0.15, 0.2) is 77.3 Å². The number of benzene rings is 2. The fourth-order valence-electron chi connectivity index (χ4n) is 5.74. The number of aliphatic hydroxyl groups is 1. The number of hydrogen-bond acceptors (Lipinski definition) is 6. The Kier molecular flexibility index (Phi) is 6.92. The van der Waals surface area contributed by atoms with Crippen molar-refractivity contribution in [2.75, 3.05) is 19.6 Å². The lowest BCUT2D eigenvalue weighted by Gasteiger charge is -2.51. The number of aryl methyl sites for hydroxylation is 1. The summed E-state index contributed by atoms with van der Waals surface area (Å²) in [4.78, 5) is 6.04. The van der Waals surface area contributed by atoms with Gasteiger partial charge in [0.1, 0.15) is 6.54 Å². The molecular weight excluding hydrogens is 494 g/mol. The summed E-state index contributed by atoms with van der Waals surface area (Å²) in [5.74, 6) is 1.45. The van der Waals surface area contributed by atoms with Gasteiger partial charge >= 0.3 is 0 Å². The minimum absolute atomic E-state index is 0. The van der Waals surface area contributed by atoms with Crippen LogP contribution in [0.5, 0.6) is 5.06 Å². The summed E-state index contributed by atoms with van der Waals surface area (Å²) in [6.07, 6.45) is 2.51. The summed E-state index contributed by atoms with van der Waals surface area (Å²) in [6.45, 7) is 5.89. The number of ether oxygens (including phenoxy) is 1. The molecule has 0 amide bonds. The summed E-state index contributed by atoms with van der Waals surface area (Å²) < 4.78 is 13.1. The molecule has 2 aromatic carbocycles. The van der Waals surface area contributed by atoms with Crippen LogP contribution in [-0.2, 0) is 12.1 Å². The van der Waals surface area contributed by atoms with E-state index >= 15 is 0 Å². The van der Waals surface area contributed by atoms with Crippen LogP contribution in [-0.4, -0.2) is 45.5 Å². The molecule has 36 heavy (non-hydrogen) atoms. The van der Waals surface area contributed by atoms with Gasteiger partial charge in [-0.25, -0.2) is 0 Å². The normalized spacial score (nSPS) is 23.3. The lowest BCUT2D eigenvalue weighted by molar-refractivity contribution is -0.959. The number of piperidine rings is 3. The van der Waals surface area contributed by atoms with Crippen LogP contribution in [0.1, 0.15) is 40.6 Å².